The number of unbranched alkanes of at least 4 members (excludes halogenated alkanes) is 2. The fourth-order valence-electron chi connectivity index (χ4n) is 1.59. The van der Waals surface area contributed by atoms with Crippen molar-refractivity contribution in [3.8, 4) is 0 Å². The SMILES string of the molecule is COC(=O)CCCCCNC(=O)C=Cc1cccnc1. The van der Waals surface area contributed by atoms with E-state index in [9.17, 15) is 9.59 Å². The number of pyridine rings is 1. The van der Waals surface area contributed by atoms with Gasteiger partial charge in [-0.05, 0) is 30.5 Å². The number of esters is 1. The first-order valence-electron chi connectivity index (χ1n) is 6.65. The summed E-state index contributed by atoms with van der Waals surface area (Å²) in [5.74, 6) is -0.310. The molecule has 0 saturated heterocycles. The van der Waals surface area contributed by atoms with Crippen molar-refractivity contribution in [1.29, 1.82) is 0 Å². The van der Waals surface area contributed by atoms with Crippen LogP contribution in [0.4, 0.5) is 0 Å². The van der Waals surface area contributed by atoms with E-state index in [-0.39, 0.29) is 11.9 Å². The molecular weight excluding hydrogens is 256 g/mol. The minimum Gasteiger partial charge on any atom is -0.469 e. The Hall–Kier alpha value is -2.17. The molecule has 0 bridgehead atoms. The van der Waals surface area contributed by atoms with Crippen molar-refractivity contribution >= 4 is 18.0 Å². The largest absolute Gasteiger partial charge is 0.469 e. The highest BCUT2D eigenvalue weighted by Crippen LogP contribution is 2.00. The second-order valence-electron chi connectivity index (χ2n) is 4.30. The van der Waals surface area contributed by atoms with Crippen molar-refractivity contribution in [2.45, 2.75) is 25.7 Å². The predicted octanol–water partition coefficient (Wildman–Crippen LogP) is 1.94. The molecule has 0 radical (unpaired) electrons. The minimum absolute atomic E-state index is 0.123. The normalized spacial score (nSPS) is 10.4. The van der Waals surface area contributed by atoms with E-state index in [0.29, 0.717) is 13.0 Å². The van der Waals surface area contributed by atoms with Crippen molar-refractivity contribution in [1.82, 2.24) is 10.3 Å². The second kappa shape index (κ2) is 9.72. The molecular formula is C15H20N2O3. The minimum atomic E-state index is -0.187. The molecule has 20 heavy (non-hydrogen) atoms. The van der Waals surface area contributed by atoms with Gasteiger partial charge in [-0.1, -0.05) is 12.5 Å². The van der Waals surface area contributed by atoms with Gasteiger partial charge in [0.25, 0.3) is 0 Å². The van der Waals surface area contributed by atoms with Crippen LogP contribution in [0.3, 0.4) is 0 Å². The number of nitrogens with one attached hydrogen (secondary N) is 1. The summed E-state index contributed by atoms with van der Waals surface area (Å²) in [7, 11) is 1.39. The highest BCUT2D eigenvalue weighted by atomic mass is 16.5. The Kier molecular flexibility index (Phi) is 7.72. The molecule has 5 nitrogen and oxygen atoms in total. The van der Waals surface area contributed by atoms with Gasteiger partial charge in [0.2, 0.25) is 5.91 Å². The number of carbonyl (C=O) groups is 2. The van der Waals surface area contributed by atoms with E-state index in [4.69, 9.17) is 0 Å². The fraction of sp³-hybridized carbons (Fsp3) is 0.400. The van der Waals surface area contributed by atoms with Crippen molar-refractivity contribution in [3.63, 3.8) is 0 Å². The number of rotatable bonds is 8. The van der Waals surface area contributed by atoms with Crippen LogP contribution < -0.4 is 5.32 Å². The van der Waals surface area contributed by atoms with Crippen LogP contribution in [-0.4, -0.2) is 30.5 Å². The lowest BCUT2D eigenvalue weighted by molar-refractivity contribution is -0.140. The Bertz CT molecular complexity index is 444. The first kappa shape index (κ1) is 15.9. The van der Waals surface area contributed by atoms with Gasteiger partial charge in [-0.3, -0.25) is 14.6 Å². The van der Waals surface area contributed by atoms with Gasteiger partial charge < -0.3 is 10.1 Å². The van der Waals surface area contributed by atoms with Crippen LogP contribution in [0.2, 0.25) is 0 Å². The molecule has 1 N–H and O–H groups in total. The first-order chi connectivity index (χ1) is 9.72. The fourth-order valence-corrected chi connectivity index (χ4v) is 1.59. The van der Waals surface area contributed by atoms with E-state index < -0.39 is 0 Å². The van der Waals surface area contributed by atoms with Crippen LogP contribution >= 0.6 is 0 Å². The summed E-state index contributed by atoms with van der Waals surface area (Å²) in [4.78, 5) is 26.3. The average molecular weight is 276 g/mol. The molecule has 1 aromatic heterocycles. The van der Waals surface area contributed by atoms with E-state index in [1.54, 1.807) is 18.5 Å². The molecule has 0 saturated carbocycles. The third kappa shape index (κ3) is 7.31. The summed E-state index contributed by atoms with van der Waals surface area (Å²) in [5.41, 5.74) is 0.890. The zero-order chi connectivity index (χ0) is 14.6. The van der Waals surface area contributed by atoms with Gasteiger partial charge in [0.1, 0.15) is 0 Å². The standard InChI is InChI=1S/C15H20N2O3/c1-20-15(19)7-3-2-4-11-17-14(18)9-8-13-6-5-10-16-12-13/h5-6,8-10,12H,2-4,7,11H2,1H3,(H,17,18). The van der Waals surface area contributed by atoms with Crippen molar-refractivity contribution < 1.29 is 14.3 Å². The third-order valence-corrected chi connectivity index (χ3v) is 2.70. The van der Waals surface area contributed by atoms with Crippen LogP contribution in [0.5, 0.6) is 0 Å². The van der Waals surface area contributed by atoms with Crippen LogP contribution in [0.1, 0.15) is 31.2 Å². The first-order valence-corrected chi connectivity index (χ1v) is 6.65. The predicted molar refractivity (Wildman–Crippen MR) is 76.8 cm³/mol. The zero-order valence-corrected chi connectivity index (χ0v) is 11.7. The monoisotopic (exact) mass is 276 g/mol. The van der Waals surface area contributed by atoms with E-state index in [1.165, 1.54) is 13.2 Å². The average Bonchev–Trinajstić information content (AvgIpc) is 2.49. The molecule has 0 unspecified atom stereocenters. The molecule has 0 aliphatic carbocycles. The maximum atomic E-state index is 11.5. The summed E-state index contributed by atoms with van der Waals surface area (Å²) in [6, 6.07) is 3.70. The molecule has 0 fully saturated rings. The quantitative estimate of drug-likeness (QED) is 0.447. The van der Waals surface area contributed by atoms with Gasteiger partial charge in [0.05, 0.1) is 7.11 Å². The molecule has 0 aromatic carbocycles. The Balaban J connectivity index is 2.09. The van der Waals surface area contributed by atoms with Crippen LogP contribution in [0, 0.1) is 0 Å². The molecule has 1 amide bonds. The number of hydrogen-bond acceptors (Lipinski definition) is 4. The lowest BCUT2D eigenvalue weighted by atomic mass is 10.2. The zero-order valence-electron chi connectivity index (χ0n) is 11.7. The second-order valence-corrected chi connectivity index (χ2v) is 4.30. The Morgan fingerprint density at radius 3 is 2.90 bits per heavy atom. The summed E-state index contributed by atoms with van der Waals surface area (Å²) in [6.45, 7) is 0.609. The highest BCUT2D eigenvalue weighted by Gasteiger charge is 1.99. The van der Waals surface area contributed by atoms with Crippen LogP contribution in [0.15, 0.2) is 30.6 Å². The molecule has 0 aliphatic heterocycles. The van der Waals surface area contributed by atoms with E-state index in [1.807, 2.05) is 12.1 Å². The number of ether oxygens (including phenoxy) is 1. The van der Waals surface area contributed by atoms with Gasteiger partial charge >= 0.3 is 5.97 Å². The van der Waals surface area contributed by atoms with Crippen LogP contribution in [0.25, 0.3) is 6.08 Å². The number of carbonyl (C=O) groups excluding carboxylic acids is 2. The molecule has 108 valence electrons. The van der Waals surface area contributed by atoms with Crippen molar-refractivity contribution in [2.75, 3.05) is 13.7 Å². The Morgan fingerprint density at radius 2 is 2.20 bits per heavy atom. The van der Waals surface area contributed by atoms with E-state index in [0.717, 1.165) is 24.8 Å². The smallest absolute Gasteiger partial charge is 0.305 e. The van der Waals surface area contributed by atoms with E-state index in [2.05, 4.69) is 15.0 Å². The van der Waals surface area contributed by atoms with Gasteiger partial charge in [0, 0.05) is 31.4 Å². The van der Waals surface area contributed by atoms with Gasteiger partial charge in [-0.2, -0.15) is 0 Å². The summed E-state index contributed by atoms with van der Waals surface area (Å²) in [6.07, 6.45) is 9.55. The Morgan fingerprint density at radius 1 is 1.35 bits per heavy atom. The molecule has 0 aliphatic rings. The van der Waals surface area contributed by atoms with Crippen LogP contribution in [-0.2, 0) is 14.3 Å². The van der Waals surface area contributed by atoms with Gasteiger partial charge in [-0.25, -0.2) is 0 Å². The lowest BCUT2D eigenvalue weighted by Crippen LogP contribution is -2.22. The third-order valence-electron chi connectivity index (χ3n) is 2.70. The topological polar surface area (TPSA) is 68.3 Å². The molecule has 0 spiro atoms. The van der Waals surface area contributed by atoms with Gasteiger partial charge in [-0.15, -0.1) is 0 Å². The maximum absolute atomic E-state index is 11.5. The van der Waals surface area contributed by atoms with Crippen molar-refractivity contribution in [2.24, 2.45) is 0 Å². The molecule has 1 aromatic rings. The molecule has 1 heterocycles. The van der Waals surface area contributed by atoms with Gasteiger partial charge in [0.15, 0.2) is 0 Å². The maximum Gasteiger partial charge on any atom is 0.305 e. The lowest BCUT2D eigenvalue weighted by Gasteiger charge is -2.02. The molecule has 5 heteroatoms. The molecule has 0 atom stereocenters. The number of aromatic nitrogens is 1. The van der Waals surface area contributed by atoms with E-state index >= 15 is 0 Å². The Labute approximate surface area is 119 Å². The number of methoxy groups -OCH3 is 1. The number of amides is 1. The van der Waals surface area contributed by atoms with Crippen molar-refractivity contribution in [3.05, 3.63) is 36.2 Å². The molecule has 1 rings (SSSR count). The highest BCUT2D eigenvalue weighted by molar-refractivity contribution is 5.91. The summed E-state index contributed by atoms with van der Waals surface area (Å²) >= 11 is 0. The summed E-state index contributed by atoms with van der Waals surface area (Å²) < 4.78 is 4.55. The number of nitrogens with zero attached hydrogens (tertiary/aromatic N) is 1. The summed E-state index contributed by atoms with van der Waals surface area (Å²) in [5, 5.41) is 2.79. The number of hydrogen-bond donors (Lipinski definition) is 1.